The van der Waals surface area contributed by atoms with Gasteiger partial charge in [-0.2, -0.15) is 0 Å². The normalized spacial score (nSPS) is 11.2. The van der Waals surface area contributed by atoms with Crippen LogP contribution in [-0.2, 0) is 0 Å². The molecule has 0 fully saturated rings. The Bertz CT molecular complexity index is 1150. The Kier molecular flexibility index (Phi) is 4.29. The highest BCUT2D eigenvalue weighted by Gasteiger charge is 2.18. The molecular formula is C18H11F2N3OS2. The van der Waals surface area contributed by atoms with Crippen LogP contribution >= 0.6 is 23.1 Å². The van der Waals surface area contributed by atoms with Crippen molar-refractivity contribution in [3.63, 3.8) is 0 Å². The van der Waals surface area contributed by atoms with Crippen LogP contribution in [0.15, 0.2) is 57.7 Å². The predicted octanol–water partition coefficient (Wildman–Crippen LogP) is 4.51. The summed E-state index contributed by atoms with van der Waals surface area (Å²) >= 11 is 2.62. The summed E-state index contributed by atoms with van der Waals surface area (Å²) in [7, 11) is 0. The Morgan fingerprint density at radius 2 is 1.73 bits per heavy atom. The average Bonchev–Trinajstić information content (AvgIpc) is 3.05. The third-order valence-corrected chi connectivity index (χ3v) is 5.74. The van der Waals surface area contributed by atoms with Crippen molar-refractivity contribution in [1.29, 1.82) is 0 Å². The Labute approximate surface area is 155 Å². The summed E-state index contributed by atoms with van der Waals surface area (Å²) in [5.74, 6) is -1.24. The van der Waals surface area contributed by atoms with Gasteiger partial charge in [-0.25, -0.2) is 18.7 Å². The molecule has 130 valence electrons. The maximum Gasteiger partial charge on any atom is 0.278 e. The zero-order valence-corrected chi connectivity index (χ0v) is 15.1. The first-order valence-electron chi connectivity index (χ1n) is 7.56. The maximum absolute atomic E-state index is 13.8. The molecule has 0 aliphatic carbocycles. The van der Waals surface area contributed by atoms with Crippen molar-refractivity contribution in [2.24, 2.45) is 0 Å². The number of fused-ring (bicyclic) bond motifs is 1. The lowest BCUT2D eigenvalue weighted by molar-refractivity contribution is 0.581. The van der Waals surface area contributed by atoms with Crippen LogP contribution in [0.3, 0.4) is 0 Å². The summed E-state index contributed by atoms with van der Waals surface area (Å²) in [5, 5.41) is 0. The largest absolute Gasteiger partial charge is 0.278 e. The van der Waals surface area contributed by atoms with E-state index in [1.54, 1.807) is 24.3 Å². The minimum atomic E-state index is -0.764. The molecule has 0 saturated carbocycles. The van der Waals surface area contributed by atoms with Crippen LogP contribution in [0.5, 0.6) is 0 Å². The monoisotopic (exact) mass is 387 g/mol. The van der Waals surface area contributed by atoms with Crippen LogP contribution in [0, 0.1) is 11.6 Å². The smallest absolute Gasteiger partial charge is 0.267 e. The van der Waals surface area contributed by atoms with E-state index in [2.05, 4.69) is 9.97 Å². The number of nitrogens with zero attached hydrogens (tertiary/aromatic N) is 3. The molecular weight excluding hydrogens is 376 g/mol. The highest BCUT2D eigenvalue weighted by molar-refractivity contribution is 8.00. The standard InChI is InChI=1S/C18H11F2N3OS2/c1-25-18-22-15-14(26-18)17(24)23(13-8-11(19)7-12(20)9-13)16(21-15)10-5-3-2-4-6-10/h2-9H,1H3. The Morgan fingerprint density at radius 3 is 2.38 bits per heavy atom. The van der Waals surface area contributed by atoms with Crippen LogP contribution < -0.4 is 5.56 Å². The number of hydrogen-bond donors (Lipinski definition) is 0. The summed E-state index contributed by atoms with van der Waals surface area (Å²) in [6.07, 6.45) is 1.86. The summed E-state index contributed by atoms with van der Waals surface area (Å²) in [5.41, 5.74) is 0.655. The van der Waals surface area contributed by atoms with Crippen LogP contribution in [0.4, 0.5) is 8.78 Å². The van der Waals surface area contributed by atoms with Crippen LogP contribution in [0.25, 0.3) is 27.4 Å². The van der Waals surface area contributed by atoms with Crippen LogP contribution in [-0.4, -0.2) is 20.8 Å². The van der Waals surface area contributed by atoms with Crippen molar-refractivity contribution in [1.82, 2.24) is 14.5 Å². The fourth-order valence-corrected chi connectivity index (χ4v) is 4.06. The van der Waals surface area contributed by atoms with E-state index in [-0.39, 0.29) is 11.5 Å². The highest BCUT2D eigenvalue weighted by atomic mass is 32.2. The summed E-state index contributed by atoms with van der Waals surface area (Å²) in [6, 6.07) is 12.0. The number of rotatable bonds is 3. The zero-order valence-electron chi connectivity index (χ0n) is 13.4. The summed E-state index contributed by atoms with van der Waals surface area (Å²) < 4.78 is 29.8. The molecule has 0 unspecified atom stereocenters. The number of aromatic nitrogens is 3. The van der Waals surface area contributed by atoms with Gasteiger partial charge in [0.2, 0.25) is 0 Å². The Hall–Kier alpha value is -2.58. The molecule has 0 amide bonds. The highest BCUT2D eigenvalue weighted by Crippen LogP contribution is 2.28. The SMILES string of the molecule is CSc1nc2nc(-c3ccccc3)n(-c3cc(F)cc(F)c3)c(=O)c2s1. The van der Waals surface area contributed by atoms with Crippen LogP contribution in [0.1, 0.15) is 0 Å². The molecule has 0 atom stereocenters. The van der Waals surface area contributed by atoms with E-state index < -0.39 is 17.2 Å². The van der Waals surface area contributed by atoms with Crippen molar-refractivity contribution < 1.29 is 8.78 Å². The zero-order chi connectivity index (χ0) is 18.3. The summed E-state index contributed by atoms with van der Waals surface area (Å²) in [6.45, 7) is 0. The molecule has 4 rings (SSSR count). The van der Waals surface area contributed by atoms with Gasteiger partial charge >= 0.3 is 0 Å². The molecule has 26 heavy (non-hydrogen) atoms. The maximum atomic E-state index is 13.8. The van der Waals surface area contributed by atoms with E-state index in [1.165, 1.54) is 27.7 Å². The Balaban J connectivity index is 2.12. The molecule has 0 N–H and O–H groups in total. The first kappa shape index (κ1) is 16.9. The lowest BCUT2D eigenvalue weighted by Crippen LogP contribution is -2.21. The molecule has 0 saturated heterocycles. The van der Waals surface area contributed by atoms with Crippen molar-refractivity contribution in [2.45, 2.75) is 4.34 Å². The number of benzene rings is 2. The average molecular weight is 387 g/mol. The molecule has 0 aliphatic heterocycles. The van der Waals surface area contributed by atoms with Gasteiger partial charge in [0.15, 0.2) is 9.99 Å². The van der Waals surface area contributed by atoms with Gasteiger partial charge in [-0.15, -0.1) is 11.3 Å². The molecule has 0 radical (unpaired) electrons. The molecule has 4 nitrogen and oxygen atoms in total. The minimum Gasteiger partial charge on any atom is -0.267 e. The quantitative estimate of drug-likeness (QED) is 0.485. The van der Waals surface area contributed by atoms with Gasteiger partial charge in [0.05, 0.1) is 5.69 Å². The van der Waals surface area contributed by atoms with Gasteiger partial charge in [0, 0.05) is 11.6 Å². The van der Waals surface area contributed by atoms with E-state index in [1.807, 2.05) is 12.3 Å². The lowest BCUT2D eigenvalue weighted by Gasteiger charge is -2.12. The number of hydrogen-bond acceptors (Lipinski definition) is 5. The van der Waals surface area contributed by atoms with Crippen molar-refractivity contribution >= 4 is 33.4 Å². The molecule has 0 spiro atoms. The van der Waals surface area contributed by atoms with Crippen molar-refractivity contribution in [2.75, 3.05) is 6.26 Å². The van der Waals surface area contributed by atoms with Crippen molar-refractivity contribution in [3.05, 3.63) is 70.5 Å². The fraction of sp³-hybridized carbons (Fsp3) is 0.0556. The molecule has 2 heterocycles. The van der Waals surface area contributed by atoms with Gasteiger partial charge < -0.3 is 0 Å². The molecule has 2 aromatic carbocycles. The van der Waals surface area contributed by atoms with Crippen LogP contribution in [0.2, 0.25) is 0 Å². The van der Waals surface area contributed by atoms with Gasteiger partial charge in [-0.1, -0.05) is 42.1 Å². The second-order valence-electron chi connectivity index (χ2n) is 5.41. The molecule has 8 heteroatoms. The van der Waals surface area contributed by atoms with E-state index in [9.17, 15) is 13.6 Å². The van der Waals surface area contributed by atoms with Gasteiger partial charge in [0.25, 0.3) is 5.56 Å². The third-order valence-electron chi connectivity index (χ3n) is 3.72. The predicted molar refractivity (Wildman–Crippen MR) is 100 cm³/mol. The Morgan fingerprint density at radius 1 is 1.04 bits per heavy atom. The molecule has 2 aromatic heterocycles. The molecule has 4 aromatic rings. The molecule has 0 bridgehead atoms. The van der Waals surface area contributed by atoms with E-state index in [0.717, 1.165) is 18.2 Å². The first-order valence-corrected chi connectivity index (χ1v) is 9.60. The van der Waals surface area contributed by atoms with Gasteiger partial charge in [-0.3, -0.25) is 9.36 Å². The van der Waals surface area contributed by atoms with E-state index in [0.29, 0.717) is 20.3 Å². The van der Waals surface area contributed by atoms with E-state index in [4.69, 9.17) is 0 Å². The summed E-state index contributed by atoms with van der Waals surface area (Å²) in [4.78, 5) is 22.0. The number of thioether (sulfide) groups is 1. The number of thiazole rings is 1. The third kappa shape index (κ3) is 2.91. The first-order chi connectivity index (χ1) is 12.6. The van der Waals surface area contributed by atoms with Gasteiger partial charge in [-0.05, 0) is 18.4 Å². The second-order valence-corrected chi connectivity index (χ2v) is 7.46. The lowest BCUT2D eigenvalue weighted by atomic mass is 10.2. The minimum absolute atomic E-state index is 0.0832. The number of halogens is 2. The topological polar surface area (TPSA) is 47.8 Å². The second kappa shape index (κ2) is 6.62. The molecule has 0 aliphatic rings. The van der Waals surface area contributed by atoms with E-state index >= 15 is 0 Å². The van der Waals surface area contributed by atoms with Gasteiger partial charge in [0.1, 0.15) is 22.2 Å². The van der Waals surface area contributed by atoms with Crippen molar-refractivity contribution in [3.8, 4) is 17.1 Å². The fourth-order valence-electron chi connectivity index (χ4n) is 2.63.